The highest BCUT2D eigenvalue weighted by Gasteiger charge is 2.23. The Bertz CT molecular complexity index is 836. The van der Waals surface area contributed by atoms with Gasteiger partial charge in [-0.1, -0.05) is 30.3 Å². The lowest BCUT2D eigenvalue weighted by Gasteiger charge is -2.34. The summed E-state index contributed by atoms with van der Waals surface area (Å²) in [6.45, 7) is 2.77. The number of piperidine rings is 1. The van der Waals surface area contributed by atoms with Gasteiger partial charge in [0.2, 0.25) is 0 Å². The van der Waals surface area contributed by atoms with Crippen molar-refractivity contribution in [3.8, 4) is 5.75 Å². The number of nitrogens with one attached hydrogen (secondary N) is 2. The maximum absolute atomic E-state index is 12.6. The Kier molecular flexibility index (Phi) is 8.72. The van der Waals surface area contributed by atoms with Crippen molar-refractivity contribution in [1.29, 1.82) is 0 Å². The molecule has 31 heavy (non-hydrogen) atoms. The first-order chi connectivity index (χ1) is 15.2. The largest absolute Gasteiger partial charge is 0.484 e. The minimum atomic E-state index is -0.113. The van der Waals surface area contributed by atoms with Crippen LogP contribution in [0.1, 0.15) is 29.6 Å². The number of methoxy groups -OCH3 is 1. The van der Waals surface area contributed by atoms with Gasteiger partial charge in [0.15, 0.2) is 6.61 Å². The molecule has 0 spiro atoms. The van der Waals surface area contributed by atoms with Gasteiger partial charge in [-0.25, -0.2) is 0 Å². The molecular formula is C24H31N3O4. The minimum absolute atomic E-state index is 0.0102. The molecule has 0 unspecified atom stereocenters. The lowest BCUT2D eigenvalue weighted by atomic mass is 10.0. The second kappa shape index (κ2) is 12.0. The second-order valence-electron chi connectivity index (χ2n) is 7.55. The molecule has 2 N–H and O–H groups in total. The smallest absolute Gasteiger partial charge is 0.258 e. The third-order valence-electron chi connectivity index (χ3n) is 5.27. The van der Waals surface area contributed by atoms with Crippen molar-refractivity contribution in [3.05, 3.63) is 60.2 Å². The average Bonchev–Trinajstić information content (AvgIpc) is 2.81. The average molecular weight is 426 g/mol. The third kappa shape index (κ3) is 7.00. The zero-order chi connectivity index (χ0) is 21.9. The summed E-state index contributed by atoms with van der Waals surface area (Å²) in [5.74, 6) is 0.503. The van der Waals surface area contributed by atoms with Gasteiger partial charge in [0.25, 0.3) is 11.8 Å². The molecule has 1 heterocycles. The molecule has 1 fully saturated rings. The Labute approximate surface area is 183 Å². The molecule has 7 heteroatoms. The van der Waals surface area contributed by atoms with Gasteiger partial charge in [0.05, 0.1) is 5.56 Å². The molecule has 0 radical (unpaired) electrons. The molecular weight excluding hydrogens is 394 g/mol. The van der Waals surface area contributed by atoms with E-state index in [1.165, 1.54) is 0 Å². The van der Waals surface area contributed by atoms with E-state index in [4.69, 9.17) is 9.47 Å². The van der Waals surface area contributed by atoms with E-state index in [9.17, 15) is 9.59 Å². The normalized spacial score (nSPS) is 14.2. The molecule has 0 atom stereocenters. The van der Waals surface area contributed by atoms with Crippen molar-refractivity contribution in [2.75, 3.05) is 44.9 Å². The highest BCUT2D eigenvalue weighted by Crippen LogP contribution is 2.24. The van der Waals surface area contributed by atoms with Crippen LogP contribution in [0.5, 0.6) is 5.75 Å². The lowest BCUT2D eigenvalue weighted by Crippen LogP contribution is -2.46. The SMILES string of the molecule is COCCCNC(=O)c1ccccc1N1CCC(NC(=O)COc2ccccc2)CC1. The fourth-order valence-electron chi connectivity index (χ4n) is 3.65. The quantitative estimate of drug-likeness (QED) is 0.572. The van der Waals surface area contributed by atoms with Crippen molar-refractivity contribution < 1.29 is 19.1 Å². The Morgan fingerprint density at radius 2 is 1.74 bits per heavy atom. The van der Waals surface area contributed by atoms with Gasteiger partial charge in [-0.15, -0.1) is 0 Å². The van der Waals surface area contributed by atoms with Crippen LogP contribution in [0.4, 0.5) is 5.69 Å². The molecule has 7 nitrogen and oxygen atoms in total. The highest BCUT2D eigenvalue weighted by molar-refractivity contribution is 5.99. The van der Waals surface area contributed by atoms with Gasteiger partial charge < -0.3 is 25.0 Å². The summed E-state index contributed by atoms with van der Waals surface area (Å²) < 4.78 is 10.5. The molecule has 2 aromatic carbocycles. The lowest BCUT2D eigenvalue weighted by molar-refractivity contribution is -0.123. The van der Waals surface area contributed by atoms with Gasteiger partial charge in [0, 0.05) is 45.1 Å². The number of ether oxygens (including phenoxy) is 2. The number of amides is 2. The molecule has 166 valence electrons. The third-order valence-corrected chi connectivity index (χ3v) is 5.27. The van der Waals surface area contributed by atoms with Crippen LogP contribution in [0.2, 0.25) is 0 Å². The van der Waals surface area contributed by atoms with Gasteiger partial charge >= 0.3 is 0 Å². The van der Waals surface area contributed by atoms with Crippen molar-refractivity contribution >= 4 is 17.5 Å². The fourth-order valence-corrected chi connectivity index (χ4v) is 3.65. The van der Waals surface area contributed by atoms with Gasteiger partial charge in [-0.2, -0.15) is 0 Å². The first-order valence-corrected chi connectivity index (χ1v) is 10.8. The first-order valence-electron chi connectivity index (χ1n) is 10.8. The second-order valence-corrected chi connectivity index (χ2v) is 7.55. The minimum Gasteiger partial charge on any atom is -0.484 e. The molecule has 2 aromatic rings. The number of benzene rings is 2. The summed E-state index contributed by atoms with van der Waals surface area (Å²) in [6, 6.07) is 17.1. The van der Waals surface area contributed by atoms with Crippen molar-refractivity contribution in [2.24, 2.45) is 0 Å². The van der Waals surface area contributed by atoms with Crippen molar-refractivity contribution in [1.82, 2.24) is 10.6 Å². The number of hydrogen-bond donors (Lipinski definition) is 2. The molecule has 1 aliphatic rings. The molecule has 0 saturated carbocycles. The predicted octanol–water partition coefficient (Wildman–Crippen LogP) is 2.62. The van der Waals surface area contributed by atoms with Crippen LogP contribution in [0, 0.1) is 0 Å². The summed E-state index contributed by atoms with van der Waals surface area (Å²) in [5.41, 5.74) is 1.61. The highest BCUT2D eigenvalue weighted by atomic mass is 16.5. The van der Waals surface area contributed by atoms with Crippen LogP contribution in [0.25, 0.3) is 0 Å². The molecule has 0 bridgehead atoms. The van der Waals surface area contributed by atoms with E-state index in [2.05, 4.69) is 15.5 Å². The van der Waals surface area contributed by atoms with E-state index >= 15 is 0 Å². The molecule has 1 saturated heterocycles. The standard InChI is InChI=1S/C24H31N3O4/c1-30-17-7-14-25-24(29)21-10-5-6-11-22(21)27-15-12-19(13-16-27)26-23(28)18-31-20-8-3-2-4-9-20/h2-6,8-11,19H,7,12-18H2,1H3,(H,25,29)(H,26,28). The van der Waals surface area contributed by atoms with E-state index in [0.717, 1.165) is 38.0 Å². The maximum Gasteiger partial charge on any atom is 0.258 e. The van der Waals surface area contributed by atoms with Gasteiger partial charge in [0.1, 0.15) is 5.75 Å². The van der Waals surface area contributed by atoms with Crippen LogP contribution in [0.3, 0.4) is 0 Å². The van der Waals surface area contributed by atoms with Crippen LogP contribution < -0.4 is 20.3 Å². The number of anilines is 1. The summed E-state index contributed by atoms with van der Waals surface area (Å²) in [4.78, 5) is 27.1. The van der Waals surface area contributed by atoms with Crippen molar-refractivity contribution in [2.45, 2.75) is 25.3 Å². The Morgan fingerprint density at radius 3 is 2.48 bits per heavy atom. The zero-order valence-corrected chi connectivity index (χ0v) is 18.0. The van der Waals surface area contributed by atoms with Crippen LogP contribution in [-0.2, 0) is 9.53 Å². The van der Waals surface area contributed by atoms with E-state index < -0.39 is 0 Å². The topological polar surface area (TPSA) is 79.9 Å². The van der Waals surface area contributed by atoms with E-state index in [-0.39, 0.29) is 24.5 Å². The number of carbonyl (C=O) groups is 2. The predicted molar refractivity (Wildman–Crippen MR) is 121 cm³/mol. The maximum atomic E-state index is 12.6. The molecule has 0 aromatic heterocycles. The van der Waals surface area contributed by atoms with Gasteiger partial charge in [-0.3, -0.25) is 9.59 Å². The molecule has 2 amide bonds. The number of carbonyl (C=O) groups excluding carboxylic acids is 2. The molecule has 3 rings (SSSR count). The van der Waals surface area contributed by atoms with Crippen LogP contribution in [0.15, 0.2) is 54.6 Å². The summed E-state index contributed by atoms with van der Waals surface area (Å²) >= 11 is 0. The monoisotopic (exact) mass is 425 g/mol. The van der Waals surface area contributed by atoms with Gasteiger partial charge in [-0.05, 0) is 43.5 Å². The van der Waals surface area contributed by atoms with Crippen molar-refractivity contribution in [3.63, 3.8) is 0 Å². The number of nitrogens with zero attached hydrogens (tertiary/aromatic N) is 1. The fraction of sp³-hybridized carbons (Fsp3) is 0.417. The van der Waals surface area contributed by atoms with Crippen LogP contribution >= 0.6 is 0 Å². The van der Waals surface area contributed by atoms with E-state index in [1.807, 2.05) is 54.6 Å². The number of hydrogen-bond acceptors (Lipinski definition) is 5. The zero-order valence-electron chi connectivity index (χ0n) is 18.0. The number of rotatable bonds is 10. The van der Waals surface area contributed by atoms with E-state index in [0.29, 0.717) is 24.5 Å². The molecule has 1 aliphatic heterocycles. The molecule has 0 aliphatic carbocycles. The first kappa shape index (κ1) is 22.6. The summed E-state index contributed by atoms with van der Waals surface area (Å²) in [5, 5.41) is 6.02. The van der Waals surface area contributed by atoms with E-state index in [1.54, 1.807) is 7.11 Å². The number of para-hydroxylation sites is 2. The Morgan fingerprint density at radius 1 is 1.03 bits per heavy atom. The Balaban J connectivity index is 1.47. The summed E-state index contributed by atoms with van der Waals surface area (Å²) in [6.07, 6.45) is 2.42. The summed E-state index contributed by atoms with van der Waals surface area (Å²) in [7, 11) is 1.65. The van der Waals surface area contributed by atoms with Crippen LogP contribution in [-0.4, -0.2) is 57.8 Å². The Hall–Kier alpha value is -3.06.